The lowest BCUT2D eigenvalue weighted by Crippen LogP contribution is -2.46. The minimum absolute atomic E-state index is 0.0383. The predicted molar refractivity (Wildman–Crippen MR) is 100 cm³/mol. The van der Waals surface area contributed by atoms with Crippen molar-refractivity contribution >= 4 is 11.6 Å². The molecule has 1 aliphatic heterocycles. The van der Waals surface area contributed by atoms with Gasteiger partial charge in [0.2, 0.25) is 0 Å². The van der Waals surface area contributed by atoms with E-state index in [2.05, 4.69) is 46.3 Å². The highest BCUT2D eigenvalue weighted by atomic mass is 16.2. The van der Waals surface area contributed by atoms with Gasteiger partial charge in [-0.1, -0.05) is 24.3 Å². The summed E-state index contributed by atoms with van der Waals surface area (Å²) in [5.41, 5.74) is 4.92. The normalized spacial score (nSPS) is 17.3. The van der Waals surface area contributed by atoms with Crippen LogP contribution in [0.3, 0.4) is 0 Å². The SMILES string of the molecule is Cc1cnc2c(C(=O)N(C)C[C@H]3Cc4ccccc4CN3C)cnn2c1. The Balaban J connectivity index is 1.52. The monoisotopic (exact) mass is 349 g/mol. The molecule has 6 nitrogen and oxygen atoms in total. The molecule has 0 saturated heterocycles. The Kier molecular flexibility index (Phi) is 4.20. The van der Waals surface area contributed by atoms with E-state index in [1.54, 1.807) is 21.8 Å². The van der Waals surface area contributed by atoms with Gasteiger partial charge in [-0.2, -0.15) is 5.10 Å². The lowest BCUT2D eigenvalue weighted by atomic mass is 9.94. The van der Waals surface area contributed by atoms with E-state index in [0.29, 0.717) is 23.8 Å². The highest BCUT2D eigenvalue weighted by Gasteiger charge is 2.27. The number of likely N-dealkylation sites (N-methyl/N-ethyl adjacent to an activating group) is 2. The summed E-state index contributed by atoms with van der Waals surface area (Å²) in [5, 5.41) is 4.27. The standard InChI is InChI=1S/C20H23N5O/c1-14-9-21-19-18(10-22-25(19)11-14)20(26)24(3)13-17-8-15-6-4-5-7-16(15)12-23(17)2/h4-7,9-11,17H,8,12-13H2,1-3H3/t17-/m1/s1. The molecule has 0 N–H and O–H groups in total. The van der Waals surface area contributed by atoms with E-state index >= 15 is 0 Å². The van der Waals surface area contributed by atoms with Gasteiger partial charge in [0.25, 0.3) is 5.91 Å². The number of benzene rings is 1. The second kappa shape index (κ2) is 6.53. The van der Waals surface area contributed by atoms with Crippen molar-refractivity contribution in [2.45, 2.75) is 25.9 Å². The Labute approximate surface area is 153 Å². The van der Waals surface area contributed by atoms with Crippen LogP contribution in [0.2, 0.25) is 0 Å². The van der Waals surface area contributed by atoms with Crippen molar-refractivity contribution in [1.29, 1.82) is 0 Å². The van der Waals surface area contributed by atoms with Gasteiger partial charge in [-0.25, -0.2) is 9.50 Å². The molecule has 1 amide bonds. The number of amides is 1. The van der Waals surface area contributed by atoms with Crippen LogP contribution in [0, 0.1) is 6.92 Å². The first-order valence-corrected chi connectivity index (χ1v) is 8.85. The van der Waals surface area contributed by atoms with Gasteiger partial charge in [0.1, 0.15) is 5.56 Å². The summed E-state index contributed by atoms with van der Waals surface area (Å²) in [6, 6.07) is 8.85. The molecule has 1 atom stereocenters. The third kappa shape index (κ3) is 2.97. The van der Waals surface area contributed by atoms with Crippen molar-refractivity contribution in [3.63, 3.8) is 0 Å². The molecular formula is C20H23N5O. The Hall–Kier alpha value is -2.73. The molecule has 0 spiro atoms. The van der Waals surface area contributed by atoms with Gasteiger partial charge in [0.15, 0.2) is 5.65 Å². The van der Waals surface area contributed by atoms with Gasteiger partial charge in [-0.05, 0) is 37.1 Å². The maximum absolute atomic E-state index is 12.9. The van der Waals surface area contributed by atoms with Gasteiger partial charge in [0, 0.05) is 38.6 Å². The summed E-state index contributed by atoms with van der Waals surface area (Å²) in [4.78, 5) is 21.4. The van der Waals surface area contributed by atoms with Crippen molar-refractivity contribution in [3.05, 3.63) is 65.1 Å². The quantitative estimate of drug-likeness (QED) is 0.727. The van der Waals surface area contributed by atoms with Gasteiger partial charge in [0.05, 0.1) is 6.20 Å². The smallest absolute Gasteiger partial charge is 0.259 e. The van der Waals surface area contributed by atoms with E-state index in [-0.39, 0.29) is 5.91 Å². The van der Waals surface area contributed by atoms with E-state index in [1.807, 2.05) is 20.2 Å². The Bertz CT molecular complexity index is 964. The van der Waals surface area contributed by atoms with Crippen molar-refractivity contribution in [2.75, 3.05) is 20.6 Å². The first-order chi connectivity index (χ1) is 12.5. The van der Waals surface area contributed by atoms with Crippen LogP contribution in [0.15, 0.2) is 42.9 Å². The number of carbonyl (C=O) groups excluding carboxylic acids is 1. The summed E-state index contributed by atoms with van der Waals surface area (Å²) in [7, 11) is 3.98. The van der Waals surface area contributed by atoms with Gasteiger partial charge < -0.3 is 4.90 Å². The lowest BCUT2D eigenvalue weighted by molar-refractivity contribution is 0.0735. The third-order valence-electron chi connectivity index (χ3n) is 5.16. The van der Waals surface area contributed by atoms with Crippen molar-refractivity contribution in [1.82, 2.24) is 24.4 Å². The average Bonchev–Trinajstić information content (AvgIpc) is 3.04. The molecule has 26 heavy (non-hydrogen) atoms. The molecule has 1 aliphatic rings. The molecule has 0 aliphatic carbocycles. The van der Waals surface area contributed by atoms with Gasteiger partial charge in [-0.3, -0.25) is 9.69 Å². The van der Waals surface area contributed by atoms with Crippen LogP contribution < -0.4 is 0 Å². The summed E-state index contributed by atoms with van der Waals surface area (Å²) in [5.74, 6) is -0.0383. The van der Waals surface area contributed by atoms with Gasteiger partial charge >= 0.3 is 0 Å². The Morgan fingerprint density at radius 3 is 2.85 bits per heavy atom. The van der Waals surface area contributed by atoms with Crippen LogP contribution in [-0.2, 0) is 13.0 Å². The number of carbonyl (C=O) groups is 1. The van der Waals surface area contributed by atoms with E-state index < -0.39 is 0 Å². The molecule has 6 heteroatoms. The first kappa shape index (κ1) is 16.7. The second-order valence-corrected chi connectivity index (χ2v) is 7.19. The number of hydrogen-bond acceptors (Lipinski definition) is 4. The number of fused-ring (bicyclic) bond motifs is 2. The fourth-order valence-electron chi connectivity index (χ4n) is 3.65. The topological polar surface area (TPSA) is 53.7 Å². The zero-order valence-corrected chi connectivity index (χ0v) is 15.4. The molecular weight excluding hydrogens is 326 g/mol. The number of aryl methyl sites for hydroxylation is 1. The van der Waals surface area contributed by atoms with Crippen LogP contribution in [0.1, 0.15) is 27.0 Å². The van der Waals surface area contributed by atoms with Gasteiger partial charge in [-0.15, -0.1) is 0 Å². The van der Waals surface area contributed by atoms with Crippen LogP contribution in [0.25, 0.3) is 5.65 Å². The largest absolute Gasteiger partial charge is 0.340 e. The molecule has 0 radical (unpaired) electrons. The molecule has 134 valence electrons. The molecule has 3 aromatic rings. The molecule has 0 saturated carbocycles. The molecule has 1 aromatic carbocycles. The van der Waals surface area contributed by atoms with Crippen LogP contribution >= 0.6 is 0 Å². The first-order valence-electron chi connectivity index (χ1n) is 8.85. The minimum Gasteiger partial charge on any atom is -0.340 e. The van der Waals surface area contributed by atoms with E-state index in [1.165, 1.54) is 11.1 Å². The highest BCUT2D eigenvalue weighted by molar-refractivity contribution is 5.99. The maximum Gasteiger partial charge on any atom is 0.259 e. The minimum atomic E-state index is -0.0383. The predicted octanol–water partition coefficient (Wildman–Crippen LogP) is 2.17. The lowest BCUT2D eigenvalue weighted by Gasteiger charge is -2.36. The van der Waals surface area contributed by atoms with Crippen LogP contribution in [0.4, 0.5) is 0 Å². The van der Waals surface area contributed by atoms with Crippen molar-refractivity contribution < 1.29 is 4.79 Å². The number of rotatable bonds is 3. The van der Waals surface area contributed by atoms with E-state index in [9.17, 15) is 4.79 Å². The number of hydrogen-bond donors (Lipinski definition) is 0. The Morgan fingerprint density at radius 2 is 2.04 bits per heavy atom. The molecule has 3 heterocycles. The summed E-state index contributed by atoms with van der Waals surface area (Å²) in [6.07, 6.45) is 6.21. The van der Waals surface area contributed by atoms with E-state index in [4.69, 9.17) is 0 Å². The van der Waals surface area contributed by atoms with E-state index in [0.717, 1.165) is 18.5 Å². The average molecular weight is 349 g/mol. The second-order valence-electron chi connectivity index (χ2n) is 7.19. The van der Waals surface area contributed by atoms with Crippen molar-refractivity contribution in [2.24, 2.45) is 0 Å². The molecule has 0 unspecified atom stereocenters. The summed E-state index contributed by atoms with van der Waals surface area (Å²) >= 11 is 0. The zero-order chi connectivity index (χ0) is 18.3. The van der Waals surface area contributed by atoms with Crippen LogP contribution in [-0.4, -0.2) is 57.0 Å². The third-order valence-corrected chi connectivity index (χ3v) is 5.16. The molecule has 0 fully saturated rings. The Morgan fingerprint density at radius 1 is 1.27 bits per heavy atom. The summed E-state index contributed by atoms with van der Waals surface area (Å²) < 4.78 is 1.67. The fraction of sp³-hybridized carbons (Fsp3) is 0.350. The number of nitrogens with zero attached hydrogens (tertiary/aromatic N) is 5. The van der Waals surface area contributed by atoms with Crippen molar-refractivity contribution in [3.8, 4) is 0 Å². The molecule has 4 rings (SSSR count). The van der Waals surface area contributed by atoms with Crippen LogP contribution in [0.5, 0.6) is 0 Å². The molecule has 0 bridgehead atoms. The maximum atomic E-state index is 12.9. The highest BCUT2D eigenvalue weighted by Crippen LogP contribution is 2.23. The zero-order valence-electron chi connectivity index (χ0n) is 15.4. The number of aromatic nitrogens is 3. The summed E-state index contributed by atoms with van der Waals surface area (Å²) in [6.45, 7) is 3.55. The fourth-order valence-corrected chi connectivity index (χ4v) is 3.65. The molecule has 2 aromatic heterocycles.